The quantitative estimate of drug-likeness (QED) is 0.268. The van der Waals surface area contributed by atoms with E-state index in [1.165, 1.54) is 0 Å². The predicted molar refractivity (Wildman–Crippen MR) is 195 cm³/mol. The Kier molecular flexibility index (Phi) is 13.1. The third-order valence-corrected chi connectivity index (χ3v) is 11.3. The number of alkyl halides is 6. The van der Waals surface area contributed by atoms with Gasteiger partial charge in [-0.15, -0.1) is 0 Å². The molecule has 12 nitrogen and oxygen atoms in total. The monoisotopic (exact) mass is 798 g/mol. The maximum absolute atomic E-state index is 12.7. The van der Waals surface area contributed by atoms with Gasteiger partial charge in [-0.2, -0.15) is 26.3 Å². The lowest BCUT2D eigenvalue weighted by Crippen LogP contribution is -2.50. The third-order valence-electron chi connectivity index (χ3n) is 11.3. The molecule has 6 heterocycles. The molecule has 0 saturated carbocycles. The number of likely N-dealkylation sites (tertiary alicyclic amines) is 2. The van der Waals surface area contributed by atoms with Gasteiger partial charge in [0.1, 0.15) is 13.1 Å². The molecule has 0 aromatic carbocycles. The van der Waals surface area contributed by atoms with E-state index in [0.29, 0.717) is 37.3 Å². The number of halogens is 6. The molecular weight excluding hydrogens is 750 g/mol. The summed E-state index contributed by atoms with van der Waals surface area (Å²) in [4.78, 5) is 54.1. The Hall–Kier alpha value is -4.26. The standard InChI is InChI=1S/2C19H24F3N3O3/c2*1-3-5-11-6-7-14-15-12(8-25(14)18(11)28)13(9-26)16(24(15)4-2)17(27)23-10-19(20,21)22/h2*3,5-7,12-13,15-16,26H,4,8-10H2,1-2H3,(H,23,27)/b5-3+;5-3-/t2*12-,13-,15+,16-/m11/s1. The molecule has 4 aliphatic rings. The van der Waals surface area contributed by atoms with Crippen LogP contribution in [0.1, 0.15) is 62.3 Å². The highest BCUT2D eigenvalue weighted by molar-refractivity contribution is 5.83. The van der Waals surface area contributed by atoms with Gasteiger partial charge in [0.15, 0.2) is 0 Å². The molecule has 0 aliphatic carbocycles. The summed E-state index contributed by atoms with van der Waals surface area (Å²) in [6, 6.07) is 4.76. The number of aliphatic hydroxyl groups is 2. The van der Waals surface area contributed by atoms with E-state index < -0.39 is 61.2 Å². The van der Waals surface area contributed by atoms with Crippen LogP contribution in [0.25, 0.3) is 12.2 Å². The topological polar surface area (TPSA) is 149 Å². The number of nitrogens with zero attached hydrogens (tertiary/aromatic N) is 4. The van der Waals surface area contributed by atoms with Crippen molar-refractivity contribution in [3.63, 3.8) is 0 Å². The van der Waals surface area contributed by atoms with Crippen LogP contribution in [-0.2, 0) is 22.7 Å². The van der Waals surface area contributed by atoms with E-state index in [9.17, 15) is 55.7 Å². The van der Waals surface area contributed by atoms with Crippen LogP contribution in [0, 0.1) is 23.7 Å². The first-order chi connectivity index (χ1) is 26.5. The summed E-state index contributed by atoms with van der Waals surface area (Å²) in [5.74, 6) is -3.04. The number of amides is 2. The van der Waals surface area contributed by atoms with E-state index in [0.717, 1.165) is 11.4 Å². The lowest BCUT2D eigenvalue weighted by Gasteiger charge is -2.29. The Morgan fingerprint density at radius 1 is 0.696 bits per heavy atom. The number of carbonyl (C=O) groups excluding carboxylic acids is 2. The maximum atomic E-state index is 12.7. The van der Waals surface area contributed by atoms with Crippen molar-refractivity contribution in [2.75, 3.05) is 39.4 Å². The molecule has 2 saturated heterocycles. The number of nitrogens with one attached hydrogen (secondary N) is 2. The summed E-state index contributed by atoms with van der Waals surface area (Å²) in [7, 11) is 0. The van der Waals surface area contributed by atoms with E-state index in [1.54, 1.807) is 55.4 Å². The number of rotatable bonds is 10. The second kappa shape index (κ2) is 17.1. The molecule has 0 spiro atoms. The van der Waals surface area contributed by atoms with Crippen molar-refractivity contribution in [3.05, 3.63) is 79.6 Å². The van der Waals surface area contributed by atoms with E-state index in [2.05, 4.69) is 0 Å². The van der Waals surface area contributed by atoms with Crippen LogP contribution >= 0.6 is 0 Å². The number of pyridine rings is 2. The average molecular weight is 799 g/mol. The number of fused-ring (bicyclic) bond motifs is 6. The molecule has 6 rings (SSSR count). The minimum Gasteiger partial charge on any atom is -0.396 e. The fourth-order valence-corrected chi connectivity index (χ4v) is 9.19. The largest absolute Gasteiger partial charge is 0.405 e. The number of aromatic nitrogens is 2. The second-order valence-electron chi connectivity index (χ2n) is 14.4. The Labute approximate surface area is 319 Å². The van der Waals surface area contributed by atoms with Crippen molar-refractivity contribution >= 4 is 24.0 Å². The number of hydrogen-bond donors (Lipinski definition) is 4. The van der Waals surface area contributed by atoms with Crippen LogP contribution in [0.3, 0.4) is 0 Å². The van der Waals surface area contributed by atoms with E-state index in [4.69, 9.17) is 0 Å². The van der Waals surface area contributed by atoms with Gasteiger partial charge in [0.05, 0.1) is 24.2 Å². The number of allylic oxidation sites excluding steroid dienone is 2. The SMILES string of the molecule is C/C=C/c1ccc2n(c1=O)C[C@@H]1[C@@H](CO)[C@H](C(=O)NCC(F)(F)F)N(CC)[C@H]21.C/C=C\c1ccc2n(c1=O)C[C@@H]1[C@@H](CO)[C@H](C(=O)NCC(F)(F)F)N(CC)[C@H]21. The Morgan fingerprint density at radius 2 is 1.05 bits per heavy atom. The highest BCUT2D eigenvalue weighted by Gasteiger charge is 2.56. The minimum absolute atomic E-state index is 0.143. The average Bonchev–Trinajstić information content (AvgIpc) is 3.88. The zero-order chi connectivity index (χ0) is 41.3. The highest BCUT2D eigenvalue weighted by atomic mass is 19.4. The summed E-state index contributed by atoms with van der Waals surface area (Å²) in [6.45, 7) is 5.24. The smallest absolute Gasteiger partial charge is 0.396 e. The molecule has 0 radical (unpaired) electrons. The zero-order valence-corrected chi connectivity index (χ0v) is 31.5. The molecule has 308 valence electrons. The fourth-order valence-electron chi connectivity index (χ4n) is 9.19. The first kappa shape index (κ1) is 42.9. The molecule has 2 amide bonds. The molecule has 4 aliphatic heterocycles. The summed E-state index contributed by atoms with van der Waals surface area (Å²) >= 11 is 0. The summed E-state index contributed by atoms with van der Waals surface area (Å²) in [5.41, 5.74) is 2.28. The normalized spacial score (nSPS) is 27.2. The molecule has 2 fully saturated rings. The highest BCUT2D eigenvalue weighted by Crippen LogP contribution is 2.50. The van der Waals surface area contributed by atoms with Crippen molar-refractivity contribution < 1.29 is 46.1 Å². The van der Waals surface area contributed by atoms with Crippen molar-refractivity contribution in [1.29, 1.82) is 0 Å². The van der Waals surface area contributed by atoms with Crippen LogP contribution in [0.15, 0.2) is 46.0 Å². The Morgan fingerprint density at radius 3 is 1.34 bits per heavy atom. The number of hydrogen-bond acceptors (Lipinski definition) is 8. The molecule has 0 bridgehead atoms. The number of carbonyl (C=O) groups is 2. The molecule has 8 atom stereocenters. The summed E-state index contributed by atoms with van der Waals surface area (Å²) in [5, 5.41) is 23.8. The third kappa shape index (κ3) is 8.24. The van der Waals surface area contributed by atoms with Crippen LogP contribution in [0.2, 0.25) is 0 Å². The molecule has 56 heavy (non-hydrogen) atoms. The van der Waals surface area contributed by atoms with E-state index in [1.807, 2.05) is 50.5 Å². The van der Waals surface area contributed by atoms with Gasteiger partial charge < -0.3 is 30.0 Å². The Balaban J connectivity index is 0.000000214. The van der Waals surface area contributed by atoms with Gasteiger partial charge in [-0.3, -0.25) is 29.0 Å². The maximum Gasteiger partial charge on any atom is 0.405 e. The lowest BCUT2D eigenvalue weighted by atomic mass is 9.88. The predicted octanol–water partition coefficient (Wildman–Crippen LogP) is 3.09. The zero-order valence-electron chi connectivity index (χ0n) is 31.5. The fraction of sp³-hybridized carbons (Fsp3) is 0.579. The van der Waals surface area contributed by atoms with Gasteiger partial charge in [-0.25, -0.2) is 0 Å². The van der Waals surface area contributed by atoms with Gasteiger partial charge in [0, 0.05) is 72.5 Å². The van der Waals surface area contributed by atoms with E-state index in [-0.39, 0.29) is 48.3 Å². The van der Waals surface area contributed by atoms with Crippen LogP contribution in [0.5, 0.6) is 0 Å². The molecular formula is C38H48F6N6O6. The van der Waals surface area contributed by atoms with E-state index >= 15 is 0 Å². The molecule has 2 aromatic rings. The van der Waals surface area contributed by atoms with Gasteiger partial charge in [-0.1, -0.05) is 38.2 Å². The van der Waals surface area contributed by atoms with Crippen molar-refractivity contribution in [2.45, 2.75) is 77.3 Å². The van der Waals surface area contributed by atoms with Gasteiger partial charge in [0.25, 0.3) is 11.1 Å². The van der Waals surface area contributed by atoms with Crippen LogP contribution < -0.4 is 21.8 Å². The minimum atomic E-state index is -4.50. The molecule has 4 N–H and O–H groups in total. The van der Waals surface area contributed by atoms with Gasteiger partial charge >= 0.3 is 12.4 Å². The lowest BCUT2D eigenvalue weighted by molar-refractivity contribution is -0.142. The van der Waals surface area contributed by atoms with Crippen molar-refractivity contribution in [3.8, 4) is 0 Å². The van der Waals surface area contributed by atoms with Gasteiger partial charge in [-0.05, 0) is 51.2 Å². The second-order valence-corrected chi connectivity index (χ2v) is 14.4. The first-order valence-corrected chi connectivity index (χ1v) is 18.6. The first-order valence-electron chi connectivity index (χ1n) is 18.6. The van der Waals surface area contributed by atoms with Crippen LogP contribution in [-0.4, -0.2) is 105 Å². The van der Waals surface area contributed by atoms with Crippen molar-refractivity contribution in [2.24, 2.45) is 23.7 Å². The molecule has 18 heteroatoms. The summed E-state index contributed by atoms with van der Waals surface area (Å²) < 4.78 is 78.4. The molecule has 0 unspecified atom stereocenters. The van der Waals surface area contributed by atoms with Gasteiger partial charge in [0.2, 0.25) is 11.8 Å². The number of aliphatic hydroxyl groups excluding tert-OH is 2. The molecule has 2 aromatic heterocycles. The van der Waals surface area contributed by atoms with Crippen LogP contribution in [0.4, 0.5) is 26.3 Å². The summed E-state index contributed by atoms with van der Waals surface area (Å²) in [6.07, 6.45) is -2.01. The van der Waals surface area contributed by atoms with Crippen molar-refractivity contribution in [1.82, 2.24) is 29.6 Å². The Bertz CT molecular complexity index is 1810. The number of likely N-dealkylation sites (N-methyl/N-ethyl adjacent to an activating group) is 2.